The first-order valence-electron chi connectivity index (χ1n) is 11.4. The highest BCUT2D eigenvalue weighted by molar-refractivity contribution is 6.02. The number of ether oxygens (including phenoxy) is 3. The van der Waals surface area contributed by atoms with Crippen LogP contribution in [0.15, 0.2) is 71.0 Å². The SMILES string of the molecule is C=C(/C=C1/CN(Cc2ccc(OC(F)(F)F)cc2)C(=O)/C1=C(/C)OC)C1=CCN(C(=O)OCC)CC1. The molecule has 0 spiro atoms. The van der Waals surface area contributed by atoms with E-state index in [9.17, 15) is 22.8 Å². The second-order valence-electron chi connectivity index (χ2n) is 8.31. The van der Waals surface area contributed by atoms with Gasteiger partial charge in [-0.1, -0.05) is 24.8 Å². The highest BCUT2D eigenvalue weighted by atomic mass is 19.4. The minimum Gasteiger partial charge on any atom is -0.501 e. The van der Waals surface area contributed by atoms with Gasteiger partial charge in [0, 0.05) is 26.2 Å². The molecule has 2 aliphatic heterocycles. The van der Waals surface area contributed by atoms with E-state index in [2.05, 4.69) is 11.3 Å². The third kappa shape index (κ3) is 6.71. The molecule has 0 bridgehead atoms. The van der Waals surface area contributed by atoms with Gasteiger partial charge >= 0.3 is 12.5 Å². The molecule has 0 unspecified atom stereocenters. The summed E-state index contributed by atoms with van der Waals surface area (Å²) >= 11 is 0. The van der Waals surface area contributed by atoms with Crippen molar-refractivity contribution in [3.8, 4) is 5.75 Å². The standard InChI is InChI=1S/C26H29F3N2O5/c1-5-35-25(33)30-12-10-20(11-13-30)17(2)14-21-16-31(24(32)23(21)18(3)34-4)15-19-6-8-22(9-7-19)36-26(27,28)29/h6-10,14H,2,5,11-13,15-16H2,1,3-4H3/b21-14-,23-18-. The number of nitrogens with zero attached hydrogens (tertiary/aromatic N) is 2. The number of amides is 2. The summed E-state index contributed by atoms with van der Waals surface area (Å²) < 4.78 is 51.5. The number of rotatable bonds is 7. The molecular formula is C26H29F3N2O5. The molecule has 2 heterocycles. The van der Waals surface area contributed by atoms with Gasteiger partial charge in [-0.3, -0.25) is 4.79 Å². The van der Waals surface area contributed by atoms with E-state index < -0.39 is 6.36 Å². The molecule has 1 aromatic carbocycles. The predicted molar refractivity (Wildman–Crippen MR) is 127 cm³/mol. The zero-order chi connectivity index (χ0) is 26.5. The number of likely N-dealkylation sites (tertiary alicyclic amines) is 1. The Bertz CT molecular complexity index is 1100. The minimum atomic E-state index is -4.77. The fourth-order valence-electron chi connectivity index (χ4n) is 4.04. The summed E-state index contributed by atoms with van der Waals surface area (Å²) in [5.74, 6) is -0.106. The lowest BCUT2D eigenvalue weighted by Crippen LogP contribution is -2.35. The van der Waals surface area contributed by atoms with Crippen molar-refractivity contribution < 1.29 is 37.0 Å². The van der Waals surface area contributed by atoms with Crippen LogP contribution in [-0.2, 0) is 20.8 Å². The van der Waals surface area contributed by atoms with Crippen LogP contribution in [0.1, 0.15) is 25.8 Å². The van der Waals surface area contributed by atoms with Crippen molar-refractivity contribution in [3.05, 3.63) is 76.6 Å². The third-order valence-electron chi connectivity index (χ3n) is 5.87. The Labute approximate surface area is 208 Å². The number of halogens is 3. The van der Waals surface area contributed by atoms with Crippen LogP contribution >= 0.6 is 0 Å². The van der Waals surface area contributed by atoms with Crippen LogP contribution in [0, 0.1) is 0 Å². The number of carbonyl (C=O) groups excluding carboxylic acids is 2. The Morgan fingerprint density at radius 3 is 2.47 bits per heavy atom. The summed E-state index contributed by atoms with van der Waals surface area (Å²) in [5.41, 5.74) is 3.53. The van der Waals surface area contributed by atoms with Gasteiger partial charge in [-0.2, -0.15) is 0 Å². The molecule has 0 aromatic heterocycles. The third-order valence-corrected chi connectivity index (χ3v) is 5.87. The van der Waals surface area contributed by atoms with Gasteiger partial charge in [0.2, 0.25) is 0 Å². The first kappa shape index (κ1) is 26.9. The van der Waals surface area contributed by atoms with Gasteiger partial charge in [-0.05, 0) is 60.8 Å². The number of carbonyl (C=O) groups is 2. The van der Waals surface area contributed by atoms with E-state index in [0.29, 0.717) is 43.0 Å². The highest BCUT2D eigenvalue weighted by Crippen LogP contribution is 2.31. The predicted octanol–water partition coefficient (Wildman–Crippen LogP) is 5.12. The molecule has 0 saturated carbocycles. The summed E-state index contributed by atoms with van der Waals surface area (Å²) in [7, 11) is 1.48. The van der Waals surface area contributed by atoms with Crippen LogP contribution in [0.25, 0.3) is 0 Å². The van der Waals surface area contributed by atoms with Gasteiger partial charge < -0.3 is 24.0 Å². The second kappa shape index (κ2) is 11.4. The number of methoxy groups -OCH3 is 1. The Morgan fingerprint density at radius 2 is 1.92 bits per heavy atom. The smallest absolute Gasteiger partial charge is 0.501 e. The van der Waals surface area contributed by atoms with Crippen molar-refractivity contribution in [3.63, 3.8) is 0 Å². The number of hydrogen-bond acceptors (Lipinski definition) is 5. The summed E-state index contributed by atoms with van der Waals surface area (Å²) in [6, 6.07) is 5.41. The molecule has 2 amide bonds. The summed E-state index contributed by atoms with van der Waals surface area (Å²) in [6.07, 6.45) is -0.745. The van der Waals surface area contributed by atoms with Gasteiger partial charge in [0.15, 0.2) is 0 Å². The molecule has 0 N–H and O–H groups in total. The monoisotopic (exact) mass is 506 g/mol. The number of alkyl halides is 3. The Morgan fingerprint density at radius 1 is 1.22 bits per heavy atom. The molecular weight excluding hydrogens is 477 g/mol. The molecule has 10 heteroatoms. The summed E-state index contributed by atoms with van der Waals surface area (Å²) in [6.45, 7) is 9.34. The Kier molecular flexibility index (Phi) is 8.49. The average molecular weight is 507 g/mol. The molecule has 7 nitrogen and oxygen atoms in total. The molecule has 2 aliphatic rings. The van der Waals surface area contributed by atoms with Crippen molar-refractivity contribution in [2.24, 2.45) is 0 Å². The zero-order valence-electron chi connectivity index (χ0n) is 20.5. The maximum absolute atomic E-state index is 13.2. The normalized spacial score (nSPS) is 18.8. The lowest BCUT2D eigenvalue weighted by molar-refractivity contribution is -0.274. The fraction of sp³-hybridized carbons (Fsp3) is 0.385. The van der Waals surface area contributed by atoms with Crippen molar-refractivity contribution in [2.75, 3.05) is 33.4 Å². The highest BCUT2D eigenvalue weighted by Gasteiger charge is 2.34. The van der Waals surface area contributed by atoms with E-state index in [1.807, 2.05) is 12.2 Å². The molecule has 36 heavy (non-hydrogen) atoms. The van der Waals surface area contributed by atoms with Gasteiger partial charge in [0.05, 0.1) is 19.3 Å². The lowest BCUT2D eigenvalue weighted by Gasteiger charge is -2.26. The van der Waals surface area contributed by atoms with Crippen molar-refractivity contribution in [1.82, 2.24) is 9.80 Å². The maximum Gasteiger partial charge on any atom is 0.573 e. The van der Waals surface area contributed by atoms with E-state index in [0.717, 1.165) is 16.7 Å². The molecule has 1 saturated heterocycles. The Hall–Kier alpha value is -3.69. The van der Waals surface area contributed by atoms with Gasteiger partial charge in [0.25, 0.3) is 5.91 Å². The van der Waals surface area contributed by atoms with Gasteiger partial charge in [-0.15, -0.1) is 13.2 Å². The van der Waals surface area contributed by atoms with Crippen LogP contribution in [-0.4, -0.2) is 61.5 Å². The van der Waals surface area contributed by atoms with E-state index in [1.165, 1.54) is 31.4 Å². The second-order valence-corrected chi connectivity index (χ2v) is 8.31. The van der Waals surface area contributed by atoms with Crippen LogP contribution in [0.3, 0.4) is 0 Å². The average Bonchev–Trinajstić information content (AvgIpc) is 3.13. The molecule has 1 aromatic rings. The maximum atomic E-state index is 13.2. The molecule has 194 valence electrons. The first-order valence-corrected chi connectivity index (χ1v) is 11.4. The van der Waals surface area contributed by atoms with E-state index in [4.69, 9.17) is 9.47 Å². The molecule has 1 fully saturated rings. The van der Waals surface area contributed by atoms with E-state index in [-0.39, 0.29) is 30.8 Å². The topological polar surface area (TPSA) is 68.3 Å². The zero-order valence-corrected chi connectivity index (χ0v) is 20.5. The van der Waals surface area contributed by atoms with Crippen LogP contribution in [0.5, 0.6) is 5.75 Å². The van der Waals surface area contributed by atoms with Crippen molar-refractivity contribution >= 4 is 12.0 Å². The first-order chi connectivity index (χ1) is 17.0. The van der Waals surface area contributed by atoms with E-state index >= 15 is 0 Å². The van der Waals surface area contributed by atoms with Crippen molar-refractivity contribution in [2.45, 2.75) is 33.2 Å². The van der Waals surface area contributed by atoms with Gasteiger partial charge in [-0.25, -0.2) is 4.79 Å². The molecule has 3 rings (SSSR count). The van der Waals surface area contributed by atoms with Crippen LogP contribution in [0.2, 0.25) is 0 Å². The van der Waals surface area contributed by atoms with Crippen LogP contribution in [0.4, 0.5) is 18.0 Å². The van der Waals surface area contributed by atoms with Crippen molar-refractivity contribution in [1.29, 1.82) is 0 Å². The molecule has 0 aliphatic carbocycles. The summed E-state index contributed by atoms with van der Waals surface area (Å²) in [4.78, 5) is 28.3. The van der Waals surface area contributed by atoms with Crippen LogP contribution < -0.4 is 4.74 Å². The lowest BCUT2D eigenvalue weighted by atomic mass is 9.97. The number of benzene rings is 1. The van der Waals surface area contributed by atoms with Gasteiger partial charge in [0.1, 0.15) is 11.5 Å². The molecule has 0 atom stereocenters. The fourth-order valence-corrected chi connectivity index (χ4v) is 4.04. The largest absolute Gasteiger partial charge is 0.573 e. The quantitative estimate of drug-likeness (QED) is 0.379. The number of hydrogen-bond donors (Lipinski definition) is 0. The minimum absolute atomic E-state index is 0.201. The number of allylic oxidation sites excluding steroid dienone is 3. The van der Waals surface area contributed by atoms with E-state index in [1.54, 1.807) is 23.6 Å². The Balaban J connectivity index is 1.75. The molecule has 0 radical (unpaired) electrons. The summed E-state index contributed by atoms with van der Waals surface area (Å²) in [5, 5.41) is 0.